The topological polar surface area (TPSA) is 61.9 Å². The van der Waals surface area contributed by atoms with Crippen molar-refractivity contribution < 1.29 is 23.1 Å². The van der Waals surface area contributed by atoms with Gasteiger partial charge in [0.2, 0.25) is 5.91 Å². The highest BCUT2D eigenvalue weighted by Crippen LogP contribution is 2.22. The van der Waals surface area contributed by atoms with E-state index in [0.717, 1.165) is 12.1 Å². The lowest BCUT2D eigenvalue weighted by atomic mass is 10.1. The number of hydrogen-bond acceptors (Lipinski definition) is 4. The molecule has 1 heterocycles. The van der Waals surface area contributed by atoms with Crippen LogP contribution in [0.15, 0.2) is 12.1 Å². The van der Waals surface area contributed by atoms with E-state index >= 15 is 0 Å². The van der Waals surface area contributed by atoms with Crippen LogP contribution in [0.25, 0.3) is 0 Å². The maximum absolute atomic E-state index is 13.4. The molecule has 0 aromatic heterocycles. The second kappa shape index (κ2) is 9.07. The summed E-state index contributed by atoms with van der Waals surface area (Å²) in [6, 6.07) is 1.61. The van der Waals surface area contributed by atoms with Gasteiger partial charge in [-0.2, -0.15) is 0 Å². The van der Waals surface area contributed by atoms with Crippen LogP contribution < -0.4 is 5.32 Å². The van der Waals surface area contributed by atoms with Crippen LogP contribution in [0, 0.1) is 11.6 Å². The molecule has 1 aromatic carbocycles. The molecular weight excluding hydrogens is 356 g/mol. The molecule has 0 atom stereocenters. The highest BCUT2D eigenvalue weighted by Gasteiger charge is 2.25. The van der Waals surface area contributed by atoms with E-state index in [2.05, 4.69) is 5.32 Å². The van der Waals surface area contributed by atoms with Gasteiger partial charge in [0.05, 0.1) is 23.7 Å². The van der Waals surface area contributed by atoms with Gasteiger partial charge in [-0.25, -0.2) is 8.78 Å². The summed E-state index contributed by atoms with van der Waals surface area (Å²) in [5.41, 5.74) is -0.0636. The maximum atomic E-state index is 13.4. The normalized spacial score (nSPS) is 15.3. The Labute approximate surface area is 149 Å². The molecule has 2 rings (SSSR count). The van der Waals surface area contributed by atoms with E-state index in [1.54, 1.807) is 7.11 Å². The maximum Gasteiger partial charge on any atom is 0.255 e. The highest BCUT2D eigenvalue weighted by atomic mass is 35.5. The Morgan fingerprint density at radius 1 is 1.20 bits per heavy atom. The number of carbonyl (C=O) groups is 2. The largest absolute Gasteiger partial charge is 0.383 e. The number of benzene rings is 1. The van der Waals surface area contributed by atoms with E-state index in [1.165, 1.54) is 4.90 Å². The molecule has 2 amide bonds. The summed E-state index contributed by atoms with van der Waals surface area (Å²) in [5.74, 6) is -2.77. The zero-order chi connectivity index (χ0) is 18.4. The second-order valence-corrected chi connectivity index (χ2v) is 6.06. The summed E-state index contributed by atoms with van der Waals surface area (Å²) < 4.78 is 31.3. The van der Waals surface area contributed by atoms with Crippen molar-refractivity contribution in [3.63, 3.8) is 0 Å². The molecule has 9 heteroatoms. The van der Waals surface area contributed by atoms with Gasteiger partial charge in [-0.1, -0.05) is 11.6 Å². The van der Waals surface area contributed by atoms with Crippen LogP contribution in [0.4, 0.5) is 8.78 Å². The smallest absolute Gasteiger partial charge is 0.255 e. The molecule has 0 spiro atoms. The average molecular weight is 376 g/mol. The molecule has 0 saturated carbocycles. The number of amides is 2. The second-order valence-electron chi connectivity index (χ2n) is 5.66. The molecular formula is C16H20ClF2N3O3. The van der Waals surface area contributed by atoms with Crippen molar-refractivity contribution in [2.24, 2.45) is 0 Å². The summed E-state index contributed by atoms with van der Waals surface area (Å²) in [7, 11) is 1.56. The number of nitrogens with one attached hydrogen (secondary N) is 1. The van der Waals surface area contributed by atoms with Gasteiger partial charge in [0.15, 0.2) is 11.6 Å². The van der Waals surface area contributed by atoms with Crippen LogP contribution in [0.5, 0.6) is 0 Å². The summed E-state index contributed by atoms with van der Waals surface area (Å²) in [6.07, 6.45) is 0. The number of halogens is 3. The number of piperazine rings is 1. The van der Waals surface area contributed by atoms with Crippen molar-refractivity contribution in [3.8, 4) is 0 Å². The molecule has 138 valence electrons. The van der Waals surface area contributed by atoms with Crippen molar-refractivity contribution in [2.75, 3.05) is 53.0 Å². The van der Waals surface area contributed by atoms with Gasteiger partial charge in [-0.15, -0.1) is 0 Å². The highest BCUT2D eigenvalue weighted by molar-refractivity contribution is 6.33. The minimum absolute atomic E-state index is 0.0636. The number of ether oxygens (including phenoxy) is 1. The number of nitrogens with zero attached hydrogens (tertiary/aromatic N) is 2. The molecule has 1 aliphatic heterocycles. The summed E-state index contributed by atoms with van der Waals surface area (Å²) in [6.45, 7) is 2.89. The summed E-state index contributed by atoms with van der Waals surface area (Å²) >= 11 is 5.85. The number of hydrogen-bond donors (Lipinski definition) is 1. The van der Waals surface area contributed by atoms with Crippen LogP contribution >= 0.6 is 11.6 Å². The van der Waals surface area contributed by atoms with Crippen molar-refractivity contribution in [1.29, 1.82) is 0 Å². The van der Waals surface area contributed by atoms with Gasteiger partial charge in [0.25, 0.3) is 5.91 Å². The monoisotopic (exact) mass is 375 g/mol. The molecule has 1 saturated heterocycles. The molecule has 0 aliphatic carbocycles. The third-order valence-corrected chi connectivity index (χ3v) is 4.21. The third-order valence-electron chi connectivity index (χ3n) is 3.90. The van der Waals surface area contributed by atoms with Gasteiger partial charge < -0.3 is 15.0 Å². The van der Waals surface area contributed by atoms with E-state index in [9.17, 15) is 18.4 Å². The van der Waals surface area contributed by atoms with E-state index < -0.39 is 17.5 Å². The standard InChI is InChI=1S/C16H20ClF2N3O3/c1-25-7-2-20-15(23)10-21-3-5-22(6-4-21)16(24)11-8-13(18)14(19)9-12(11)17/h8-9H,2-7,10H2,1H3,(H,20,23). The van der Waals surface area contributed by atoms with E-state index in [1.807, 2.05) is 4.90 Å². The van der Waals surface area contributed by atoms with Crippen LogP contribution in [-0.2, 0) is 9.53 Å². The van der Waals surface area contributed by atoms with Crippen LogP contribution in [0.2, 0.25) is 5.02 Å². The van der Waals surface area contributed by atoms with E-state index in [4.69, 9.17) is 16.3 Å². The first-order valence-electron chi connectivity index (χ1n) is 7.84. The van der Waals surface area contributed by atoms with Crippen LogP contribution in [0.3, 0.4) is 0 Å². The fourth-order valence-electron chi connectivity index (χ4n) is 2.52. The molecule has 6 nitrogen and oxygen atoms in total. The van der Waals surface area contributed by atoms with Gasteiger partial charge in [0, 0.05) is 39.8 Å². The number of carbonyl (C=O) groups excluding carboxylic acids is 2. The summed E-state index contributed by atoms with van der Waals surface area (Å²) in [4.78, 5) is 27.6. The van der Waals surface area contributed by atoms with Gasteiger partial charge in [-0.3, -0.25) is 14.5 Å². The van der Waals surface area contributed by atoms with Crippen molar-refractivity contribution in [3.05, 3.63) is 34.4 Å². The van der Waals surface area contributed by atoms with Gasteiger partial charge in [-0.05, 0) is 12.1 Å². The molecule has 1 fully saturated rings. The molecule has 0 bridgehead atoms. The van der Waals surface area contributed by atoms with Crippen molar-refractivity contribution in [2.45, 2.75) is 0 Å². The molecule has 1 N–H and O–H groups in total. The Morgan fingerprint density at radius 3 is 2.48 bits per heavy atom. The Hall–Kier alpha value is -1.77. The van der Waals surface area contributed by atoms with Crippen molar-refractivity contribution in [1.82, 2.24) is 15.1 Å². The van der Waals surface area contributed by atoms with Crippen LogP contribution in [-0.4, -0.2) is 74.6 Å². The van der Waals surface area contributed by atoms with Gasteiger partial charge in [0.1, 0.15) is 0 Å². The van der Waals surface area contributed by atoms with Crippen LogP contribution in [0.1, 0.15) is 10.4 Å². The van der Waals surface area contributed by atoms with E-state index in [0.29, 0.717) is 39.3 Å². The molecule has 0 unspecified atom stereocenters. The Bertz CT molecular complexity index is 637. The number of rotatable bonds is 6. The van der Waals surface area contributed by atoms with Crippen molar-refractivity contribution >= 4 is 23.4 Å². The lowest BCUT2D eigenvalue weighted by Crippen LogP contribution is -2.51. The first-order chi connectivity index (χ1) is 11.9. The Balaban J connectivity index is 1.86. The summed E-state index contributed by atoms with van der Waals surface area (Å²) in [5, 5.41) is 2.61. The zero-order valence-corrected chi connectivity index (χ0v) is 14.6. The average Bonchev–Trinajstić information content (AvgIpc) is 2.58. The quantitative estimate of drug-likeness (QED) is 0.598. The lowest BCUT2D eigenvalue weighted by molar-refractivity contribution is -0.122. The molecule has 0 radical (unpaired) electrons. The zero-order valence-electron chi connectivity index (χ0n) is 13.9. The first-order valence-corrected chi connectivity index (χ1v) is 8.22. The molecule has 25 heavy (non-hydrogen) atoms. The predicted octanol–water partition coefficient (Wildman–Crippen LogP) is 1.14. The predicted molar refractivity (Wildman–Crippen MR) is 88.6 cm³/mol. The minimum Gasteiger partial charge on any atom is -0.383 e. The molecule has 1 aliphatic rings. The molecule has 1 aromatic rings. The van der Waals surface area contributed by atoms with Gasteiger partial charge >= 0.3 is 0 Å². The Kier molecular flexibility index (Phi) is 7.10. The first kappa shape index (κ1) is 19.6. The number of methoxy groups -OCH3 is 1. The minimum atomic E-state index is -1.11. The lowest BCUT2D eigenvalue weighted by Gasteiger charge is -2.34. The fraction of sp³-hybridized carbons (Fsp3) is 0.500. The Morgan fingerprint density at radius 2 is 1.84 bits per heavy atom. The van der Waals surface area contributed by atoms with E-state index in [-0.39, 0.29) is 23.0 Å². The third kappa shape index (κ3) is 5.35. The SMILES string of the molecule is COCCNC(=O)CN1CCN(C(=O)c2cc(F)c(F)cc2Cl)CC1. The fourth-order valence-corrected chi connectivity index (χ4v) is 2.75.